The monoisotopic (exact) mass is 486 g/mol. The van der Waals surface area contributed by atoms with Crippen molar-refractivity contribution in [1.29, 1.82) is 0 Å². The van der Waals surface area contributed by atoms with E-state index in [1.165, 1.54) is 19.5 Å². The maximum absolute atomic E-state index is 12.7. The average Bonchev–Trinajstić information content (AvgIpc) is 3.16. The Morgan fingerprint density at radius 2 is 1.85 bits per heavy atom. The molecule has 34 heavy (non-hydrogen) atoms. The van der Waals surface area contributed by atoms with Crippen LogP contribution in [0, 0.1) is 24.7 Å². The van der Waals surface area contributed by atoms with Crippen molar-refractivity contribution in [2.75, 3.05) is 39.3 Å². The molecule has 0 aliphatic carbocycles. The van der Waals surface area contributed by atoms with Crippen LogP contribution in [-0.4, -0.2) is 60.0 Å². The van der Waals surface area contributed by atoms with Crippen LogP contribution in [-0.2, 0) is 11.3 Å². The normalized spacial score (nSPS) is 22.7. The van der Waals surface area contributed by atoms with Gasteiger partial charge in [-0.15, -0.1) is 0 Å². The van der Waals surface area contributed by atoms with Gasteiger partial charge in [0.2, 0.25) is 11.8 Å². The molecule has 2 atom stereocenters. The molecule has 1 aromatic carbocycles. The van der Waals surface area contributed by atoms with Gasteiger partial charge in [-0.25, -0.2) is 4.98 Å². The van der Waals surface area contributed by atoms with Crippen LogP contribution in [0.4, 0.5) is 0 Å². The SMILES string of the molecule is Cc1oc(-c2ccccc2Cl)nc1CN1CCC(C(=O)NCCCN2C[C@H](C)C[C@H](C)C2)CC1. The molecule has 4 rings (SSSR count). The first-order chi connectivity index (χ1) is 16.4. The molecule has 0 bridgehead atoms. The highest BCUT2D eigenvalue weighted by molar-refractivity contribution is 6.33. The van der Waals surface area contributed by atoms with E-state index in [0.29, 0.717) is 10.9 Å². The fourth-order valence-electron chi connectivity index (χ4n) is 5.52. The zero-order valence-electron chi connectivity index (χ0n) is 20.9. The Morgan fingerprint density at radius 3 is 2.56 bits per heavy atom. The summed E-state index contributed by atoms with van der Waals surface area (Å²) in [4.78, 5) is 22.3. The number of halogens is 1. The van der Waals surface area contributed by atoms with Gasteiger partial charge in [0, 0.05) is 32.1 Å². The fourth-order valence-corrected chi connectivity index (χ4v) is 5.74. The topological polar surface area (TPSA) is 61.6 Å². The van der Waals surface area contributed by atoms with E-state index in [0.717, 1.165) is 80.8 Å². The van der Waals surface area contributed by atoms with E-state index in [1.807, 2.05) is 31.2 Å². The number of hydrogen-bond donors (Lipinski definition) is 1. The number of carbonyl (C=O) groups is 1. The predicted molar refractivity (Wildman–Crippen MR) is 137 cm³/mol. The lowest BCUT2D eigenvalue weighted by molar-refractivity contribution is -0.126. The summed E-state index contributed by atoms with van der Waals surface area (Å²) in [6.07, 6.45) is 4.15. The van der Waals surface area contributed by atoms with Gasteiger partial charge in [0.25, 0.3) is 0 Å². The number of amides is 1. The average molecular weight is 487 g/mol. The highest BCUT2D eigenvalue weighted by atomic mass is 35.5. The van der Waals surface area contributed by atoms with Gasteiger partial charge in [-0.2, -0.15) is 0 Å². The molecule has 7 heteroatoms. The molecular formula is C27H39ClN4O2. The number of nitrogens with zero attached hydrogens (tertiary/aromatic N) is 3. The summed E-state index contributed by atoms with van der Waals surface area (Å²) in [7, 11) is 0. The molecule has 1 aromatic heterocycles. The third-order valence-corrected chi connectivity index (χ3v) is 7.55. The van der Waals surface area contributed by atoms with E-state index >= 15 is 0 Å². The maximum Gasteiger partial charge on any atom is 0.228 e. The van der Waals surface area contributed by atoms with E-state index in [-0.39, 0.29) is 11.8 Å². The molecule has 0 radical (unpaired) electrons. The van der Waals surface area contributed by atoms with Crippen LogP contribution < -0.4 is 5.32 Å². The Labute approximate surface area is 209 Å². The van der Waals surface area contributed by atoms with Crippen molar-refractivity contribution < 1.29 is 9.21 Å². The van der Waals surface area contributed by atoms with Gasteiger partial charge in [0.1, 0.15) is 5.76 Å². The first-order valence-corrected chi connectivity index (χ1v) is 13.2. The van der Waals surface area contributed by atoms with Gasteiger partial charge < -0.3 is 14.6 Å². The standard InChI is InChI=1S/C27H39ClN4O2/c1-19-15-20(2)17-32(16-19)12-6-11-29-26(33)22-9-13-31(14-10-22)18-25-21(3)34-27(30-25)23-7-4-5-8-24(23)28/h4-5,7-8,19-20,22H,6,9-18H2,1-3H3,(H,29,33)/t19-,20+. The third-order valence-electron chi connectivity index (χ3n) is 7.22. The number of likely N-dealkylation sites (tertiary alicyclic amines) is 2. The van der Waals surface area contributed by atoms with Crippen LogP contribution in [0.1, 0.15) is 51.0 Å². The summed E-state index contributed by atoms with van der Waals surface area (Å²) in [5.74, 6) is 3.30. The quantitative estimate of drug-likeness (QED) is 0.532. The number of oxazole rings is 1. The summed E-state index contributed by atoms with van der Waals surface area (Å²) in [6.45, 7) is 13.4. The summed E-state index contributed by atoms with van der Waals surface area (Å²) >= 11 is 6.30. The molecule has 2 aromatic rings. The Morgan fingerprint density at radius 1 is 1.15 bits per heavy atom. The zero-order chi connectivity index (χ0) is 24.1. The second-order valence-corrected chi connectivity index (χ2v) is 10.8. The first kappa shape index (κ1) is 25.2. The molecule has 2 aliphatic rings. The fraction of sp³-hybridized carbons (Fsp3) is 0.630. The van der Waals surface area contributed by atoms with Crippen molar-refractivity contribution in [3.8, 4) is 11.5 Å². The third kappa shape index (κ3) is 6.61. The second-order valence-electron chi connectivity index (χ2n) is 10.4. The van der Waals surface area contributed by atoms with Crippen LogP contribution in [0.5, 0.6) is 0 Å². The summed E-state index contributed by atoms with van der Waals surface area (Å²) in [5.41, 5.74) is 1.76. The highest BCUT2D eigenvalue weighted by Gasteiger charge is 2.26. The molecule has 2 saturated heterocycles. The number of benzene rings is 1. The van der Waals surface area contributed by atoms with Crippen LogP contribution in [0.3, 0.4) is 0 Å². The largest absolute Gasteiger partial charge is 0.441 e. The number of carbonyl (C=O) groups excluding carboxylic acids is 1. The number of nitrogens with one attached hydrogen (secondary N) is 1. The highest BCUT2D eigenvalue weighted by Crippen LogP contribution is 2.29. The maximum atomic E-state index is 12.7. The number of rotatable bonds is 8. The Bertz CT molecular complexity index is 944. The van der Waals surface area contributed by atoms with Crippen molar-refractivity contribution in [2.45, 2.75) is 53.0 Å². The first-order valence-electron chi connectivity index (χ1n) is 12.8. The lowest BCUT2D eigenvalue weighted by Gasteiger charge is -2.35. The summed E-state index contributed by atoms with van der Waals surface area (Å²) in [5, 5.41) is 3.83. The van der Waals surface area contributed by atoms with Gasteiger partial charge in [-0.1, -0.05) is 37.6 Å². The van der Waals surface area contributed by atoms with Gasteiger partial charge in [0.15, 0.2) is 0 Å². The van der Waals surface area contributed by atoms with Gasteiger partial charge in [0.05, 0.1) is 16.3 Å². The van der Waals surface area contributed by atoms with Gasteiger partial charge in [-0.3, -0.25) is 9.69 Å². The molecular weight excluding hydrogens is 448 g/mol. The number of piperidine rings is 2. The van der Waals surface area contributed by atoms with Crippen molar-refractivity contribution in [3.63, 3.8) is 0 Å². The number of hydrogen-bond acceptors (Lipinski definition) is 5. The lowest BCUT2D eigenvalue weighted by atomic mass is 9.92. The molecule has 186 valence electrons. The van der Waals surface area contributed by atoms with E-state index in [4.69, 9.17) is 21.0 Å². The van der Waals surface area contributed by atoms with Crippen molar-refractivity contribution in [3.05, 3.63) is 40.7 Å². The lowest BCUT2D eigenvalue weighted by Crippen LogP contribution is -2.42. The predicted octanol–water partition coefficient (Wildman–Crippen LogP) is 5.00. The minimum atomic E-state index is 0.114. The van der Waals surface area contributed by atoms with Gasteiger partial charge >= 0.3 is 0 Å². The smallest absolute Gasteiger partial charge is 0.228 e. The van der Waals surface area contributed by atoms with Crippen LogP contribution in [0.15, 0.2) is 28.7 Å². The van der Waals surface area contributed by atoms with E-state index < -0.39 is 0 Å². The van der Waals surface area contributed by atoms with Crippen molar-refractivity contribution >= 4 is 17.5 Å². The molecule has 1 amide bonds. The van der Waals surface area contributed by atoms with E-state index in [1.54, 1.807) is 0 Å². The minimum Gasteiger partial charge on any atom is -0.441 e. The Balaban J connectivity index is 1.18. The van der Waals surface area contributed by atoms with Crippen LogP contribution in [0.2, 0.25) is 5.02 Å². The van der Waals surface area contributed by atoms with Crippen molar-refractivity contribution in [2.24, 2.45) is 17.8 Å². The second kappa shape index (κ2) is 11.7. The minimum absolute atomic E-state index is 0.114. The molecule has 0 saturated carbocycles. The molecule has 0 unspecified atom stereocenters. The molecule has 0 spiro atoms. The van der Waals surface area contributed by atoms with Gasteiger partial charge in [-0.05, 0) is 76.2 Å². The Hall–Kier alpha value is -1.89. The molecule has 2 fully saturated rings. The number of aryl methyl sites for hydroxylation is 1. The summed E-state index contributed by atoms with van der Waals surface area (Å²) in [6, 6.07) is 7.61. The van der Waals surface area contributed by atoms with E-state index in [9.17, 15) is 4.79 Å². The van der Waals surface area contributed by atoms with E-state index in [2.05, 4.69) is 29.0 Å². The number of aromatic nitrogens is 1. The molecule has 6 nitrogen and oxygen atoms in total. The zero-order valence-corrected chi connectivity index (χ0v) is 21.6. The summed E-state index contributed by atoms with van der Waals surface area (Å²) < 4.78 is 5.90. The van der Waals surface area contributed by atoms with Crippen molar-refractivity contribution in [1.82, 2.24) is 20.1 Å². The molecule has 1 N–H and O–H groups in total. The molecule has 2 aliphatic heterocycles. The Kier molecular flexibility index (Phi) is 8.67. The van der Waals surface area contributed by atoms with Crippen LogP contribution in [0.25, 0.3) is 11.5 Å². The molecule has 3 heterocycles. The van der Waals surface area contributed by atoms with Crippen LogP contribution >= 0.6 is 11.6 Å².